The number of anilines is 1. The van der Waals surface area contributed by atoms with Gasteiger partial charge in [0.25, 0.3) is 0 Å². The summed E-state index contributed by atoms with van der Waals surface area (Å²) in [6.45, 7) is 1.76. The van der Waals surface area contributed by atoms with Crippen LogP contribution in [0.2, 0.25) is 10.0 Å². The lowest BCUT2D eigenvalue weighted by Gasteiger charge is -2.12. The van der Waals surface area contributed by atoms with Gasteiger partial charge in [0, 0.05) is 6.54 Å². The molecule has 92 valence electrons. The van der Waals surface area contributed by atoms with Crippen molar-refractivity contribution in [1.82, 2.24) is 4.90 Å². The summed E-state index contributed by atoms with van der Waals surface area (Å²) < 4.78 is 0. The van der Waals surface area contributed by atoms with Crippen LogP contribution in [0.3, 0.4) is 0 Å². The van der Waals surface area contributed by atoms with E-state index in [-0.39, 0.29) is 11.8 Å². The Morgan fingerprint density at radius 1 is 1.47 bits per heavy atom. The van der Waals surface area contributed by atoms with Gasteiger partial charge in [-0.25, -0.2) is 0 Å². The number of rotatable bonds is 2. The van der Waals surface area contributed by atoms with Crippen LogP contribution in [0.4, 0.5) is 5.69 Å². The molecule has 17 heavy (non-hydrogen) atoms. The van der Waals surface area contributed by atoms with E-state index in [4.69, 9.17) is 23.2 Å². The molecule has 1 N–H and O–H groups in total. The maximum atomic E-state index is 12.0. The van der Waals surface area contributed by atoms with Gasteiger partial charge in [-0.1, -0.05) is 29.3 Å². The molecule has 0 aromatic heterocycles. The van der Waals surface area contributed by atoms with E-state index in [0.29, 0.717) is 15.7 Å². The highest BCUT2D eigenvalue weighted by Crippen LogP contribution is 2.30. The van der Waals surface area contributed by atoms with Gasteiger partial charge in [0.2, 0.25) is 5.91 Å². The van der Waals surface area contributed by atoms with E-state index in [2.05, 4.69) is 10.2 Å². The monoisotopic (exact) mass is 272 g/mol. The molecule has 0 saturated carbocycles. The maximum absolute atomic E-state index is 12.0. The van der Waals surface area contributed by atoms with Gasteiger partial charge in [0.1, 0.15) is 0 Å². The summed E-state index contributed by atoms with van der Waals surface area (Å²) in [6.07, 6.45) is 0.889. The number of benzene rings is 1. The molecule has 1 heterocycles. The summed E-state index contributed by atoms with van der Waals surface area (Å²) in [5, 5.41) is 3.68. The fourth-order valence-corrected chi connectivity index (χ4v) is 2.33. The molecule has 2 rings (SSSR count). The molecule has 1 fully saturated rings. The second-order valence-corrected chi connectivity index (χ2v) is 5.12. The zero-order chi connectivity index (χ0) is 12.4. The van der Waals surface area contributed by atoms with Gasteiger partial charge in [0.05, 0.1) is 21.7 Å². The number of carbonyl (C=O) groups is 1. The number of halogens is 2. The number of nitrogens with one attached hydrogen (secondary N) is 1. The van der Waals surface area contributed by atoms with Crippen molar-refractivity contribution in [1.29, 1.82) is 0 Å². The van der Waals surface area contributed by atoms with Crippen LogP contribution in [0.5, 0.6) is 0 Å². The maximum Gasteiger partial charge on any atom is 0.228 e. The molecule has 1 aromatic rings. The second-order valence-electron chi connectivity index (χ2n) is 4.34. The molecule has 1 amide bonds. The molecule has 0 aliphatic carbocycles. The molecule has 3 nitrogen and oxygen atoms in total. The van der Waals surface area contributed by atoms with Crippen LogP contribution in [0.15, 0.2) is 18.2 Å². The van der Waals surface area contributed by atoms with Crippen LogP contribution in [0.1, 0.15) is 6.42 Å². The first-order valence-corrected chi connectivity index (χ1v) is 6.27. The molecule has 5 heteroatoms. The number of carbonyl (C=O) groups excluding carboxylic acids is 1. The third kappa shape index (κ3) is 2.92. The molecule has 1 atom stereocenters. The summed E-state index contributed by atoms with van der Waals surface area (Å²) in [5.41, 5.74) is 0.582. The SMILES string of the molecule is CN1CCC(C(=O)Nc2cccc(Cl)c2Cl)C1. The normalized spacial score (nSPS) is 20.5. The minimum absolute atomic E-state index is 0.0125. The Kier molecular flexibility index (Phi) is 3.92. The van der Waals surface area contributed by atoms with Crippen molar-refractivity contribution >= 4 is 34.8 Å². The first-order valence-electron chi connectivity index (χ1n) is 5.51. The van der Waals surface area contributed by atoms with Gasteiger partial charge in [-0.2, -0.15) is 0 Å². The molecule has 1 aliphatic rings. The third-order valence-electron chi connectivity index (χ3n) is 2.97. The third-order valence-corrected chi connectivity index (χ3v) is 3.79. The van der Waals surface area contributed by atoms with Crippen LogP contribution in [0, 0.1) is 5.92 Å². The first-order chi connectivity index (χ1) is 8.08. The van der Waals surface area contributed by atoms with Crippen molar-refractivity contribution in [2.45, 2.75) is 6.42 Å². The Hall–Kier alpha value is -0.770. The number of nitrogens with zero attached hydrogens (tertiary/aromatic N) is 1. The Labute approximate surface area is 111 Å². The largest absolute Gasteiger partial charge is 0.324 e. The summed E-state index contributed by atoms with van der Waals surface area (Å²) in [5.74, 6) is 0.0496. The smallest absolute Gasteiger partial charge is 0.228 e. The van der Waals surface area contributed by atoms with E-state index >= 15 is 0 Å². The summed E-state index contributed by atoms with van der Waals surface area (Å²) in [7, 11) is 2.01. The van der Waals surface area contributed by atoms with E-state index in [1.54, 1.807) is 18.2 Å². The van der Waals surface area contributed by atoms with Crippen LogP contribution in [-0.2, 0) is 4.79 Å². The standard InChI is InChI=1S/C12H14Cl2N2O/c1-16-6-5-8(7-16)12(17)15-10-4-2-3-9(13)11(10)14/h2-4,8H,5-7H2,1H3,(H,15,17). The molecule has 1 aliphatic heterocycles. The average Bonchev–Trinajstić information content (AvgIpc) is 2.72. The lowest BCUT2D eigenvalue weighted by atomic mass is 10.1. The molecule has 0 spiro atoms. The fraction of sp³-hybridized carbons (Fsp3) is 0.417. The predicted molar refractivity (Wildman–Crippen MR) is 70.7 cm³/mol. The predicted octanol–water partition coefficient (Wildman–Crippen LogP) is 2.88. The number of hydrogen-bond donors (Lipinski definition) is 1. The summed E-state index contributed by atoms with van der Waals surface area (Å²) in [4.78, 5) is 14.1. The quantitative estimate of drug-likeness (QED) is 0.898. The summed E-state index contributed by atoms with van der Waals surface area (Å²) >= 11 is 11.9. The fourth-order valence-electron chi connectivity index (χ4n) is 1.98. The molecular weight excluding hydrogens is 259 g/mol. The Balaban J connectivity index is 2.06. The van der Waals surface area contributed by atoms with E-state index in [9.17, 15) is 4.79 Å². The highest BCUT2D eigenvalue weighted by atomic mass is 35.5. The molecule has 1 saturated heterocycles. The van der Waals surface area contributed by atoms with E-state index < -0.39 is 0 Å². The van der Waals surface area contributed by atoms with E-state index in [1.807, 2.05) is 7.05 Å². The highest BCUT2D eigenvalue weighted by Gasteiger charge is 2.26. The van der Waals surface area contributed by atoms with E-state index in [0.717, 1.165) is 19.5 Å². The van der Waals surface area contributed by atoms with E-state index in [1.165, 1.54) is 0 Å². The van der Waals surface area contributed by atoms with Gasteiger partial charge >= 0.3 is 0 Å². The van der Waals surface area contributed by atoms with Crippen molar-refractivity contribution in [3.8, 4) is 0 Å². The molecule has 0 bridgehead atoms. The molecule has 0 radical (unpaired) electrons. The van der Waals surface area contributed by atoms with Gasteiger partial charge in [-0.15, -0.1) is 0 Å². The van der Waals surface area contributed by atoms with Crippen molar-refractivity contribution in [3.05, 3.63) is 28.2 Å². The first kappa shape index (κ1) is 12.7. The second kappa shape index (κ2) is 5.25. The molecule has 1 aromatic carbocycles. The Morgan fingerprint density at radius 3 is 2.88 bits per heavy atom. The molecule has 1 unspecified atom stereocenters. The van der Waals surface area contributed by atoms with Crippen molar-refractivity contribution in [2.24, 2.45) is 5.92 Å². The van der Waals surface area contributed by atoms with Gasteiger partial charge < -0.3 is 10.2 Å². The lowest BCUT2D eigenvalue weighted by molar-refractivity contribution is -0.119. The van der Waals surface area contributed by atoms with Crippen LogP contribution < -0.4 is 5.32 Å². The molecular formula is C12H14Cl2N2O. The van der Waals surface area contributed by atoms with Gasteiger partial charge in [-0.3, -0.25) is 4.79 Å². The van der Waals surface area contributed by atoms with Crippen molar-refractivity contribution in [2.75, 3.05) is 25.5 Å². The number of likely N-dealkylation sites (tertiary alicyclic amines) is 1. The van der Waals surface area contributed by atoms with Gasteiger partial charge in [0.15, 0.2) is 0 Å². The lowest BCUT2D eigenvalue weighted by Crippen LogP contribution is -2.25. The van der Waals surface area contributed by atoms with Crippen molar-refractivity contribution in [3.63, 3.8) is 0 Å². The number of amides is 1. The minimum Gasteiger partial charge on any atom is -0.324 e. The topological polar surface area (TPSA) is 32.3 Å². The Morgan fingerprint density at radius 2 is 2.24 bits per heavy atom. The average molecular weight is 273 g/mol. The Bertz CT molecular complexity index is 437. The van der Waals surface area contributed by atoms with Crippen LogP contribution >= 0.6 is 23.2 Å². The zero-order valence-electron chi connectivity index (χ0n) is 9.54. The van der Waals surface area contributed by atoms with Crippen molar-refractivity contribution < 1.29 is 4.79 Å². The minimum atomic E-state index is 0.0125. The zero-order valence-corrected chi connectivity index (χ0v) is 11.1. The van der Waals surface area contributed by atoms with Crippen LogP contribution in [0.25, 0.3) is 0 Å². The van der Waals surface area contributed by atoms with Gasteiger partial charge in [-0.05, 0) is 32.1 Å². The summed E-state index contributed by atoms with van der Waals surface area (Å²) in [6, 6.07) is 5.22. The van der Waals surface area contributed by atoms with Crippen LogP contribution in [-0.4, -0.2) is 30.9 Å². The highest BCUT2D eigenvalue weighted by molar-refractivity contribution is 6.43. The number of hydrogen-bond acceptors (Lipinski definition) is 2.